The highest BCUT2D eigenvalue weighted by molar-refractivity contribution is 5.88. The fraction of sp³-hybridized carbons (Fsp3) is 0.310. The van der Waals surface area contributed by atoms with Crippen molar-refractivity contribution < 1.29 is 19.1 Å². The predicted octanol–water partition coefficient (Wildman–Crippen LogP) is 5.74. The fourth-order valence-corrected chi connectivity index (χ4v) is 4.58. The minimum absolute atomic E-state index is 0.0884. The van der Waals surface area contributed by atoms with Gasteiger partial charge in [-0.3, -0.25) is 9.59 Å². The van der Waals surface area contributed by atoms with Crippen LogP contribution in [-0.2, 0) is 20.7 Å². The number of fused-ring (bicyclic) bond motifs is 3. The van der Waals surface area contributed by atoms with Crippen LogP contribution in [0.5, 0.6) is 5.75 Å². The summed E-state index contributed by atoms with van der Waals surface area (Å²) in [5.41, 5.74) is 6.95. The standard InChI is InChI=1S/C29H32N2O4/c1-18(32)34-22-11-8-20(9-12-22)28-25-15-19(16-27(33)35-29(2,3)4)7-13-23(25)24-14-10-21(30-5)17-26(24)31(28)6/h7-15,17,28,30H,16H2,1-6H3. The second kappa shape index (κ2) is 9.45. The molecule has 0 bridgehead atoms. The summed E-state index contributed by atoms with van der Waals surface area (Å²) in [5.74, 6) is -0.0855. The van der Waals surface area contributed by atoms with Crippen molar-refractivity contribution in [2.45, 2.75) is 45.8 Å². The van der Waals surface area contributed by atoms with Crippen molar-refractivity contribution in [3.8, 4) is 16.9 Å². The Hall–Kier alpha value is -3.80. The van der Waals surface area contributed by atoms with E-state index < -0.39 is 5.60 Å². The number of benzene rings is 3. The first-order valence-corrected chi connectivity index (χ1v) is 11.7. The molecule has 1 aliphatic rings. The van der Waals surface area contributed by atoms with Crippen LogP contribution in [0.25, 0.3) is 11.1 Å². The molecule has 0 radical (unpaired) electrons. The zero-order valence-corrected chi connectivity index (χ0v) is 21.1. The number of nitrogens with one attached hydrogen (secondary N) is 1. The lowest BCUT2D eigenvalue weighted by Crippen LogP contribution is -2.29. The van der Waals surface area contributed by atoms with Crippen molar-refractivity contribution in [3.63, 3.8) is 0 Å². The highest BCUT2D eigenvalue weighted by atomic mass is 16.6. The summed E-state index contributed by atoms with van der Waals surface area (Å²) in [6.45, 7) is 7.01. The van der Waals surface area contributed by atoms with Crippen LogP contribution in [0.4, 0.5) is 11.4 Å². The van der Waals surface area contributed by atoms with E-state index >= 15 is 0 Å². The van der Waals surface area contributed by atoms with Gasteiger partial charge in [-0.15, -0.1) is 0 Å². The lowest BCUT2D eigenvalue weighted by Gasteiger charge is -2.38. The first-order valence-electron chi connectivity index (χ1n) is 11.7. The minimum atomic E-state index is -0.526. The van der Waals surface area contributed by atoms with E-state index in [1.54, 1.807) is 0 Å². The molecule has 0 spiro atoms. The normalized spacial score (nSPS) is 14.6. The van der Waals surface area contributed by atoms with Crippen molar-refractivity contribution in [1.82, 2.24) is 0 Å². The number of rotatable bonds is 5. The molecule has 3 aromatic carbocycles. The molecule has 182 valence electrons. The third-order valence-corrected chi connectivity index (χ3v) is 5.98. The molecule has 6 nitrogen and oxygen atoms in total. The Kier molecular flexibility index (Phi) is 6.57. The molecule has 0 amide bonds. The van der Waals surface area contributed by atoms with Crippen LogP contribution in [-0.4, -0.2) is 31.6 Å². The second-order valence-electron chi connectivity index (χ2n) is 9.84. The topological polar surface area (TPSA) is 67.9 Å². The Morgan fingerprint density at radius 1 is 0.971 bits per heavy atom. The van der Waals surface area contributed by atoms with Crippen molar-refractivity contribution in [2.24, 2.45) is 0 Å². The molecule has 1 unspecified atom stereocenters. The Balaban J connectivity index is 1.79. The Bertz CT molecular complexity index is 1260. The molecule has 35 heavy (non-hydrogen) atoms. The molecule has 6 heteroatoms. The number of hydrogen-bond donors (Lipinski definition) is 1. The molecule has 0 aromatic heterocycles. The fourth-order valence-electron chi connectivity index (χ4n) is 4.58. The number of esters is 2. The quantitative estimate of drug-likeness (QED) is 0.377. The number of carbonyl (C=O) groups excluding carboxylic acids is 2. The SMILES string of the molecule is CNc1ccc2c(c1)N(C)C(c1ccc(OC(C)=O)cc1)c1cc(CC(=O)OC(C)(C)C)ccc1-2. The van der Waals surface area contributed by atoms with Crippen molar-refractivity contribution in [2.75, 3.05) is 24.3 Å². The van der Waals surface area contributed by atoms with Gasteiger partial charge in [-0.05, 0) is 67.3 Å². The van der Waals surface area contributed by atoms with E-state index in [9.17, 15) is 9.59 Å². The minimum Gasteiger partial charge on any atom is -0.460 e. The van der Waals surface area contributed by atoms with Gasteiger partial charge < -0.3 is 19.7 Å². The van der Waals surface area contributed by atoms with E-state index in [2.05, 4.69) is 47.6 Å². The van der Waals surface area contributed by atoms with Crippen LogP contribution >= 0.6 is 0 Å². The monoisotopic (exact) mass is 472 g/mol. The molecule has 0 saturated heterocycles. The molecular weight excluding hydrogens is 440 g/mol. The van der Waals surface area contributed by atoms with Gasteiger partial charge >= 0.3 is 11.9 Å². The highest BCUT2D eigenvalue weighted by Gasteiger charge is 2.31. The molecule has 0 fully saturated rings. The molecular formula is C29H32N2O4. The molecule has 1 aliphatic heterocycles. The summed E-state index contributed by atoms with van der Waals surface area (Å²) in [6.07, 6.45) is 0.206. The molecule has 1 N–H and O–H groups in total. The van der Waals surface area contributed by atoms with Gasteiger partial charge in [0.1, 0.15) is 11.4 Å². The van der Waals surface area contributed by atoms with Crippen molar-refractivity contribution in [3.05, 3.63) is 77.4 Å². The Morgan fingerprint density at radius 3 is 2.29 bits per heavy atom. The zero-order valence-electron chi connectivity index (χ0n) is 21.1. The lowest BCUT2D eigenvalue weighted by molar-refractivity contribution is -0.153. The van der Waals surface area contributed by atoms with Crippen LogP contribution in [0.15, 0.2) is 60.7 Å². The van der Waals surface area contributed by atoms with Gasteiger partial charge in [0, 0.05) is 38.0 Å². The molecule has 0 aliphatic carbocycles. The zero-order chi connectivity index (χ0) is 25.3. The number of anilines is 2. The highest BCUT2D eigenvalue weighted by Crippen LogP contribution is 2.47. The molecule has 1 atom stereocenters. The van der Waals surface area contributed by atoms with Crippen LogP contribution in [0.3, 0.4) is 0 Å². The number of nitrogens with zero attached hydrogens (tertiary/aromatic N) is 1. The largest absolute Gasteiger partial charge is 0.460 e. The van der Waals surface area contributed by atoms with Crippen molar-refractivity contribution >= 4 is 23.3 Å². The summed E-state index contributed by atoms with van der Waals surface area (Å²) in [5, 5.41) is 3.22. The van der Waals surface area contributed by atoms with E-state index in [0.29, 0.717) is 5.75 Å². The average molecular weight is 473 g/mol. The van der Waals surface area contributed by atoms with E-state index in [1.165, 1.54) is 6.92 Å². The first kappa shape index (κ1) is 24.3. The maximum Gasteiger partial charge on any atom is 0.310 e. The van der Waals surface area contributed by atoms with E-state index in [-0.39, 0.29) is 24.4 Å². The molecule has 0 saturated carbocycles. The van der Waals surface area contributed by atoms with E-state index in [1.807, 2.05) is 58.2 Å². The number of ether oxygens (including phenoxy) is 2. The van der Waals surface area contributed by atoms with Crippen LogP contribution in [0, 0.1) is 0 Å². The predicted molar refractivity (Wildman–Crippen MR) is 139 cm³/mol. The van der Waals surface area contributed by atoms with Gasteiger partial charge in [0.05, 0.1) is 12.5 Å². The van der Waals surface area contributed by atoms with Crippen LogP contribution in [0.1, 0.15) is 50.4 Å². The smallest absolute Gasteiger partial charge is 0.310 e. The molecule has 1 heterocycles. The first-order chi connectivity index (χ1) is 16.6. The summed E-state index contributed by atoms with van der Waals surface area (Å²) in [4.78, 5) is 26.1. The van der Waals surface area contributed by atoms with Crippen LogP contribution < -0.4 is 15.0 Å². The molecule has 4 rings (SSSR count). The van der Waals surface area contributed by atoms with Gasteiger partial charge in [0.25, 0.3) is 0 Å². The van der Waals surface area contributed by atoms with Crippen LogP contribution in [0.2, 0.25) is 0 Å². The summed E-state index contributed by atoms with van der Waals surface area (Å²) < 4.78 is 10.8. The maximum absolute atomic E-state index is 12.5. The number of hydrogen-bond acceptors (Lipinski definition) is 6. The van der Waals surface area contributed by atoms with E-state index in [4.69, 9.17) is 9.47 Å². The van der Waals surface area contributed by atoms with E-state index in [0.717, 1.165) is 39.2 Å². The number of carbonyl (C=O) groups is 2. The van der Waals surface area contributed by atoms with Gasteiger partial charge in [-0.25, -0.2) is 0 Å². The third kappa shape index (κ3) is 5.32. The third-order valence-electron chi connectivity index (χ3n) is 5.98. The van der Waals surface area contributed by atoms with Gasteiger partial charge in [-0.2, -0.15) is 0 Å². The maximum atomic E-state index is 12.5. The summed E-state index contributed by atoms with van der Waals surface area (Å²) in [7, 11) is 3.99. The summed E-state index contributed by atoms with van der Waals surface area (Å²) >= 11 is 0. The Labute approximate surface area is 206 Å². The van der Waals surface area contributed by atoms with Gasteiger partial charge in [0.15, 0.2) is 0 Å². The lowest BCUT2D eigenvalue weighted by atomic mass is 9.84. The van der Waals surface area contributed by atoms with Gasteiger partial charge in [0.2, 0.25) is 0 Å². The Morgan fingerprint density at radius 2 is 1.66 bits per heavy atom. The van der Waals surface area contributed by atoms with Crippen molar-refractivity contribution in [1.29, 1.82) is 0 Å². The summed E-state index contributed by atoms with van der Waals surface area (Å²) in [6, 6.07) is 20.1. The average Bonchev–Trinajstić information content (AvgIpc) is 2.78. The van der Waals surface area contributed by atoms with Gasteiger partial charge in [-0.1, -0.05) is 36.4 Å². The second-order valence-corrected chi connectivity index (χ2v) is 9.84. The molecule has 3 aromatic rings.